The van der Waals surface area contributed by atoms with E-state index in [0.717, 1.165) is 5.92 Å². The van der Waals surface area contributed by atoms with Gasteiger partial charge in [0, 0.05) is 0 Å². The van der Waals surface area contributed by atoms with Crippen LogP contribution in [0.5, 0.6) is 0 Å². The maximum atomic E-state index is 2.42. The van der Waals surface area contributed by atoms with Crippen LogP contribution in [-0.4, -0.2) is 25.0 Å². The first-order valence-electron chi connectivity index (χ1n) is 4.01. The summed E-state index contributed by atoms with van der Waals surface area (Å²) in [6, 6.07) is 0. The summed E-state index contributed by atoms with van der Waals surface area (Å²) < 4.78 is 0. The van der Waals surface area contributed by atoms with Gasteiger partial charge >= 0.3 is 0 Å². The monoisotopic (exact) mass is 144 g/mol. The lowest BCUT2D eigenvalue weighted by Crippen LogP contribution is -2.29. The quantitative estimate of drug-likeness (QED) is 0.610. The van der Waals surface area contributed by atoms with E-state index in [1.807, 2.05) is 0 Å². The first-order chi connectivity index (χ1) is 4.33. The van der Waals surface area contributed by atoms with Crippen LogP contribution in [0.25, 0.3) is 0 Å². The highest BCUT2D eigenvalue weighted by molar-refractivity contribution is 4.67. The lowest BCUT2D eigenvalue weighted by atomic mass is 9.95. The van der Waals surface area contributed by atoms with Crippen LogP contribution in [0.15, 0.2) is 0 Å². The molecule has 2 heteroatoms. The summed E-state index contributed by atoms with van der Waals surface area (Å²) in [6.45, 7) is 4.94. The third-order valence-corrected chi connectivity index (χ3v) is 2.42. The molecule has 0 bridgehead atoms. The molecule has 0 aromatic rings. The van der Waals surface area contributed by atoms with E-state index in [9.17, 15) is 0 Å². The molecule has 0 atom stereocenters. The Morgan fingerprint density at radius 2 is 1.80 bits per heavy atom. The van der Waals surface area contributed by atoms with Gasteiger partial charge in [-0.1, -0.05) is 13.3 Å². The minimum atomic E-state index is 0. The average Bonchev–Trinajstić information content (AvgIpc) is 1.90. The minimum absolute atomic E-state index is 0. The number of piperidine rings is 1. The van der Waals surface area contributed by atoms with E-state index in [4.69, 9.17) is 0 Å². The summed E-state index contributed by atoms with van der Waals surface area (Å²) in [5, 5.41) is 0. The maximum Gasteiger partial charge on any atom is -0.00191 e. The van der Waals surface area contributed by atoms with Crippen molar-refractivity contribution in [3.8, 4) is 0 Å². The molecular weight excluding hydrogens is 124 g/mol. The van der Waals surface area contributed by atoms with Crippen LogP contribution in [0.4, 0.5) is 0 Å². The zero-order valence-corrected chi connectivity index (χ0v) is 7.27. The Morgan fingerprint density at radius 3 is 2.20 bits per heavy atom. The standard InChI is InChI=1S/C8H17N.H3N/c1-3-8-4-6-9(2)7-5-8;/h8H,3-7H2,1-2H3;1H3. The molecule has 0 aliphatic carbocycles. The van der Waals surface area contributed by atoms with Gasteiger partial charge in [-0.2, -0.15) is 0 Å². The average molecular weight is 144 g/mol. The Bertz CT molecular complexity index is 75.3. The molecule has 62 valence electrons. The number of hydrogen-bond donors (Lipinski definition) is 1. The van der Waals surface area contributed by atoms with Crippen molar-refractivity contribution in [1.29, 1.82) is 0 Å². The first kappa shape index (κ1) is 9.92. The Labute approximate surface area is 64.2 Å². The van der Waals surface area contributed by atoms with Gasteiger partial charge in [0.2, 0.25) is 0 Å². The van der Waals surface area contributed by atoms with Crippen molar-refractivity contribution >= 4 is 0 Å². The highest BCUT2D eigenvalue weighted by atomic mass is 15.1. The summed E-state index contributed by atoms with van der Waals surface area (Å²) in [5.41, 5.74) is 0. The van der Waals surface area contributed by atoms with Crippen LogP contribution < -0.4 is 6.15 Å². The minimum Gasteiger partial charge on any atom is -0.344 e. The molecule has 0 saturated carbocycles. The van der Waals surface area contributed by atoms with Crippen molar-refractivity contribution in [2.75, 3.05) is 20.1 Å². The number of likely N-dealkylation sites (tertiary alicyclic amines) is 1. The van der Waals surface area contributed by atoms with Crippen molar-refractivity contribution in [1.82, 2.24) is 11.1 Å². The second-order valence-corrected chi connectivity index (χ2v) is 3.15. The molecule has 0 aromatic carbocycles. The predicted octanol–water partition coefficient (Wildman–Crippen LogP) is 1.90. The number of hydrogen-bond acceptors (Lipinski definition) is 2. The van der Waals surface area contributed by atoms with Crippen molar-refractivity contribution in [3.63, 3.8) is 0 Å². The second kappa shape index (κ2) is 4.69. The molecule has 3 N–H and O–H groups in total. The zero-order chi connectivity index (χ0) is 6.69. The molecule has 0 unspecified atom stereocenters. The van der Waals surface area contributed by atoms with Gasteiger partial charge in [-0.25, -0.2) is 0 Å². The Balaban J connectivity index is 0.000000810. The topological polar surface area (TPSA) is 38.2 Å². The van der Waals surface area contributed by atoms with E-state index >= 15 is 0 Å². The molecule has 1 heterocycles. The molecule has 0 spiro atoms. The third-order valence-electron chi connectivity index (χ3n) is 2.42. The van der Waals surface area contributed by atoms with Crippen LogP contribution >= 0.6 is 0 Å². The molecule has 1 aliphatic heterocycles. The van der Waals surface area contributed by atoms with Crippen molar-refractivity contribution in [3.05, 3.63) is 0 Å². The van der Waals surface area contributed by atoms with E-state index in [1.165, 1.54) is 32.4 Å². The van der Waals surface area contributed by atoms with Gasteiger partial charge in [0.1, 0.15) is 0 Å². The summed E-state index contributed by atoms with van der Waals surface area (Å²) >= 11 is 0. The van der Waals surface area contributed by atoms with E-state index < -0.39 is 0 Å². The van der Waals surface area contributed by atoms with Crippen LogP contribution in [0.2, 0.25) is 0 Å². The Hall–Kier alpha value is -0.0800. The van der Waals surface area contributed by atoms with E-state index in [0.29, 0.717) is 0 Å². The van der Waals surface area contributed by atoms with Gasteiger partial charge in [-0.05, 0) is 38.9 Å². The maximum absolute atomic E-state index is 2.42. The molecule has 0 radical (unpaired) electrons. The molecule has 0 amide bonds. The fourth-order valence-corrected chi connectivity index (χ4v) is 1.47. The van der Waals surface area contributed by atoms with Crippen LogP contribution in [0, 0.1) is 5.92 Å². The summed E-state index contributed by atoms with van der Waals surface area (Å²) in [6.07, 6.45) is 4.23. The van der Waals surface area contributed by atoms with Gasteiger partial charge in [-0.15, -0.1) is 0 Å². The fourth-order valence-electron chi connectivity index (χ4n) is 1.47. The third kappa shape index (κ3) is 2.67. The normalized spacial score (nSPS) is 22.2. The summed E-state index contributed by atoms with van der Waals surface area (Å²) in [4.78, 5) is 2.42. The van der Waals surface area contributed by atoms with E-state index in [-0.39, 0.29) is 6.15 Å². The predicted molar refractivity (Wildman–Crippen MR) is 45.5 cm³/mol. The van der Waals surface area contributed by atoms with Crippen LogP contribution in [-0.2, 0) is 0 Å². The fraction of sp³-hybridized carbons (Fsp3) is 1.00. The smallest absolute Gasteiger partial charge is 0.00191 e. The molecule has 2 nitrogen and oxygen atoms in total. The number of rotatable bonds is 1. The first-order valence-corrected chi connectivity index (χ1v) is 4.01. The Kier molecular flexibility index (Phi) is 4.65. The van der Waals surface area contributed by atoms with Gasteiger partial charge in [0.05, 0.1) is 0 Å². The van der Waals surface area contributed by atoms with Gasteiger partial charge in [-0.3, -0.25) is 0 Å². The Morgan fingerprint density at radius 1 is 1.30 bits per heavy atom. The van der Waals surface area contributed by atoms with Crippen LogP contribution in [0.3, 0.4) is 0 Å². The lowest BCUT2D eigenvalue weighted by Gasteiger charge is -2.27. The summed E-state index contributed by atoms with van der Waals surface area (Å²) in [7, 11) is 2.21. The largest absolute Gasteiger partial charge is 0.344 e. The van der Waals surface area contributed by atoms with Crippen molar-refractivity contribution in [2.24, 2.45) is 5.92 Å². The zero-order valence-electron chi connectivity index (χ0n) is 7.27. The molecule has 1 saturated heterocycles. The molecule has 0 aromatic heterocycles. The van der Waals surface area contributed by atoms with E-state index in [2.05, 4.69) is 18.9 Å². The second-order valence-electron chi connectivity index (χ2n) is 3.15. The van der Waals surface area contributed by atoms with Gasteiger partial charge in [0.25, 0.3) is 0 Å². The van der Waals surface area contributed by atoms with Crippen LogP contribution in [0.1, 0.15) is 26.2 Å². The summed E-state index contributed by atoms with van der Waals surface area (Å²) in [5.74, 6) is 1.03. The molecule has 1 rings (SSSR count). The van der Waals surface area contributed by atoms with Gasteiger partial charge in [0.15, 0.2) is 0 Å². The lowest BCUT2D eigenvalue weighted by molar-refractivity contribution is 0.216. The molecule has 1 fully saturated rings. The van der Waals surface area contributed by atoms with Crippen molar-refractivity contribution < 1.29 is 0 Å². The SMILES string of the molecule is CCC1CCN(C)CC1.N. The molecule has 1 aliphatic rings. The number of nitrogens with zero attached hydrogens (tertiary/aromatic N) is 1. The molecule has 10 heavy (non-hydrogen) atoms. The highest BCUT2D eigenvalue weighted by Crippen LogP contribution is 2.18. The van der Waals surface area contributed by atoms with Gasteiger partial charge < -0.3 is 11.1 Å². The van der Waals surface area contributed by atoms with E-state index in [1.54, 1.807) is 0 Å². The highest BCUT2D eigenvalue weighted by Gasteiger charge is 2.13. The molecular formula is C8H20N2. The van der Waals surface area contributed by atoms with Crippen molar-refractivity contribution in [2.45, 2.75) is 26.2 Å².